The smallest absolute Gasteiger partial charge is 0.191 e. The van der Waals surface area contributed by atoms with Crippen molar-refractivity contribution in [1.29, 1.82) is 0 Å². The Morgan fingerprint density at radius 3 is 2.95 bits per heavy atom. The highest BCUT2D eigenvalue weighted by Gasteiger charge is 2.41. The number of aliphatic imine (C=N–C) groups is 1. The maximum Gasteiger partial charge on any atom is 0.191 e. The third kappa shape index (κ3) is 3.28. The van der Waals surface area contributed by atoms with E-state index in [0.717, 1.165) is 25.3 Å². The Bertz CT molecular complexity index is 513. The number of ether oxygens (including phenoxy) is 1. The van der Waals surface area contributed by atoms with Crippen LogP contribution in [0.5, 0.6) is 0 Å². The Labute approximate surface area is 130 Å². The predicted molar refractivity (Wildman–Crippen MR) is 83.7 cm³/mol. The molecule has 0 radical (unpaired) electrons. The van der Waals surface area contributed by atoms with E-state index < -0.39 is 5.60 Å². The molecule has 2 aliphatic heterocycles. The molecule has 2 bridgehead atoms. The summed E-state index contributed by atoms with van der Waals surface area (Å²) < 4.78 is 11.1. The molecular weight excluding hydrogens is 282 g/mol. The fourth-order valence-electron chi connectivity index (χ4n) is 3.18. The van der Waals surface area contributed by atoms with Gasteiger partial charge in [-0.3, -0.25) is 0 Å². The summed E-state index contributed by atoms with van der Waals surface area (Å²) >= 11 is 0. The third-order valence-corrected chi connectivity index (χ3v) is 4.37. The second-order valence-electron chi connectivity index (χ2n) is 6.31. The minimum Gasteiger partial charge on any atom is -0.466 e. The summed E-state index contributed by atoms with van der Waals surface area (Å²) in [5.41, 5.74) is -1.11. The van der Waals surface area contributed by atoms with Gasteiger partial charge < -0.3 is 24.9 Å². The van der Waals surface area contributed by atoms with Gasteiger partial charge >= 0.3 is 0 Å². The van der Waals surface area contributed by atoms with Crippen molar-refractivity contribution in [3.8, 4) is 0 Å². The zero-order valence-electron chi connectivity index (χ0n) is 13.2. The molecule has 22 heavy (non-hydrogen) atoms. The second kappa shape index (κ2) is 6.30. The molecule has 2 saturated heterocycles. The van der Waals surface area contributed by atoms with Crippen molar-refractivity contribution in [3.05, 3.63) is 24.2 Å². The van der Waals surface area contributed by atoms with Crippen LogP contribution in [0.1, 0.15) is 38.9 Å². The number of furan rings is 1. The van der Waals surface area contributed by atoms with Gasteiger partial charge in [0, 0.05) is 6.54 Å². The van der Waals surface area contributed by atoms with Crippen molar-refractivity contribution < 1.29 is 14.3 Å². The van der Waals surface area contributed by atoms with E-state index in [4.69, 9.17) is 9.15 Å². The molecule has 0 aromatic carbocycles. The number of aliphatic hydroxyl groups is 1. The SMILES string of the molecule is CCNC(=NCC(C)(O)c1ccco1)NC1CC2CCC1O2. The molecule has 6 heteroatoms. The maximum absolute atomic E-state index is 10.5. The van der Waals surface area contributed by atoms with Gasteiger partial charge in [-0.1, -0.05) is 0 Å². The highest BCUT2D eigenvalue weighted by molar-refractivity contribution is 5.80. The van der Waals surface area contributed by atoms with Crippen LogP contribution < -0.4 is 10.6 Å². The lowest BCUT2D eigenvalue weighted by Gasteiger charge is -2.24. The second-order valence-corrected chi connectivity index (χ2v) is 6.31. The molecular formula is C16H25N3O3. The lowest BCUT2D eigenvalue weighted by Crippen LogP contribution is -2.48. The highest BCUT2D eigenvalue weighted by Crippen LogP contribution is 2.34. The van der Waals surface area contributed by atoms with E-state index >= 15 is 0 Å². The van der Waals surface area contributed by atoms with Crippen molar-refractivity contribution in [3.63, 3.8) is 0 Å². The molecule has 122 valence electrons. The van der Waals surface area contributed by atoms with E-state index in [1.165, 1.54) is 6.42 Å². The first-order chi connectivity index (χ1) is 10.6. The molecule has 0 spiro atoms. The van der Waals surface area contributed by atoms with Crippen LogP contribution in [0.15, 0.2) is 27.8 Å². The molecule has 4 unspecified atom stereocenters. The fourth-order valence-corrected chi connectivity index (χ4v) is 3.18. The maximum atomic E-state index is 10.5. The van der Waals surface area contributed by atoms with Crippen molar-refractivity contribution in [2.45, 2.75) is 57.0 Å². The topological polar surface area (TPSA) is 79.0 Å². The van der Waals surface area contributed by atoms with Crippen LogP contribution in [-0.2, 0) is 10.3 Å². The monoisotopic (exact) mass is 307 g/mol. The third-order valence-electron chi connectivity index (χ3n) is 4.37. The number of rotatable bonds is 5. The van der Waals surface area contributed by atoms with Crippen LogP contribution in [0.3, 0.4) is 0 Å². The Balaban J connectivity index is 1.63. The van der Waals surface area contributed by atoms with Gasteiger partial charge in [-0.15, -0.1) is 0 Å². The Morgan fingerprint density at radius 2 is 2.36 bits per heavy atom. The molecule has 4 atom stereocenters. The molecule has 3 heterocycles. The molecule has 3 rings (SSSR count). The zero-order chi connectivity index (χ0) is 15.6. The molecule has 0 aliphatic carbocycles. The molecule has 1 aromatic heterocycles. The summed E-state index contributed by atoms with van der Waals surface area (Å²) in [6.45, 7) is 4.74. The van der Waals surface area contributed by atoms with Gasteiger partial charge in [-0.25, -0.2) is 4.99 Å². The Morgan fingerprint density at radius 1 is 1.50 bits per heavy atom. The molecule has 6 nitrogen and oxygen atoms in total. The van der Waals surface area contributed by atoms with E-state index in [0.29, 0.717) is 24.0 Å². The fraction of sp³-hybridized carbons (Fsp3) is 0.688. The first kappa shape index (κ1) is 15.4. The van der Waals surface area contributed by atoms with E-state index in [2.05, 4.69) is 15.6 Å². The van der Waals surface area contributed by atoms with Gasteiger partial charge in [0.15, 0.2) is 5.96 Å². The molecule has 0 amide bonds. The van der Waals surface area contributed by atoms with Crippen LogP contribution in [0, 0.1) is 0 Å². The van der Waals surface area contributed by atoms with Crippen molar-refractivity contribution >= 4 is 5.96 Å². The van der Waals surface area contributed by atoms with Gasteiger partial charge in [0.05, 0.1) is 31.1 Å². The van der Waals surface area contributed by atoms with Gasteiger partial charge in [-0.05, 0) is 45.2 Å². The number of hydrogen-bond donors (Lipinski definition) is 3. The van der Waals surface area contributed by atoms with E-state index in [9.17, 15) is 5.11 Å². The number of nitrogens with one attached hydrogen (secondary N) is 2. The number of guanidine groups is 1. The van der Waals surface area contributed by atoms with Crippen molar-refractivity contribution in [2.75, 3.05) is 13.1 Å². The Kier molecular flexibility index (Phi) is 4.40. The summed E-state index contributed by atoms with van der Waals surface area (Å²) in [5.74, 6) is 1.24. The molecule has 3 N–H and O–H groups in total. The lowest BCUT2D eigenvalue weighted by molar-refractivity contribution is 0.0436. The van der Waals surface area contributed by atoms with Gasteiger partial charge in [0.2, 0.25) is 0 Å². The molecule has 2 fully saturated rings. The van der Waals surface area contributed by atoms with Crippen LogP contribution >= 0.6 is 0 Å². The molecule has 0 saturated carbocycles. The predicted octanol–water partition coefficient (Wildman–Crippen LogP) is 1.36. The summed E-state index contributed by atoms with van der Waals surface area (Å²) in [6.07, 6.45) is 5.57. The Hall–Kier alpha value is -1.53. The van der Waals surface area contributed by atoms with Gasteiger partial charge in [0.25, 0.3) is 0 Å². The summed E-state index contributed by atoms with van der Waals surface area (Å²) in [5, 5.41) is 17.1. The minimum absolute atomic E-state index is 0.234. The number of fused-ring (bicyclic) bond motifs is 2. The average Bonchev–Trinajstić information content (AvgIpc) is 3.22. The van der Waals surface area contributed by atoms with Gasteiger partial charge in [0.1, 0.15) is 11.4 Å². The normalized spacial score (nSPS) is 30.3. The van der Waals surface area contributed by atoms with Crippen LogP contribution in [0.25, 0.3) is 0 Å². The van der Waals surface area contributed by atoms with E-state index in [1.54, 1.807) is 25.3 Å². The average molecular weight is 307 g/mol. The molecule has 1 aromatic rings. The van der Waals surface area contributed by atoms with Crippen LogP contribution in [0.2, 0.25) is 0 Å². The highest BCUT2D eigenvalue weighted by atomic mass is 16.5. The standard InChI is InChI=1S/C16H25N3O3/c1-3-17-15(19-12-9-11-6-7-13(12)22-11)18-10-16(2,20)14-5-4-8-21-14/h4-5,8,11-13,20H,3,6-7,9-10H2,1-2H3,(H2,17,18,19). The minimum atomic E-state index is -1.11. The lowest BCUT2D eigenvalue weighted by atomic mass is 9.96. The first-order valence-electron chi connectivity index (χ1n) is 8.05. The zero-order valence-corrected chi connectivity index (χ0v) is 13.2. The van der Waals surface area contributed by atoms with Crippen LogP contribution in [-0.4, -0.2) is 42.4 Å². The molecule has 2 aliphatic rings. The van der Waals surface area contributed by atoms with Crippen molar-refractivity contribution in [2.24, 2.45) is 4.99 Å². The first-order valence-corrected chi connectivity index (χ1v) is 8.05. The number of hydrogen-bond acceptors (Lipinski definition) is 4. The van der Waals surface area contributed by atoms with Gasteiger partial charge in [-0.2, -0.15) is 0 Å². The summed E-state index contributed by atoms with van der Waals surface area (Å²) in [7, 11) is 0. The largest absolute Gasteiger partial charge is 0.466 e. The quantitative estimate of drug-likeness (QED) is 0.565. The van der Waals surface area contributed by atoms with Crippen molar-refractivity contribution in [1.82, 2.24) is 10.6 Å². The summed E-state index contributed by atoms with van der Waals surface area (Å²) in [4.78, 5) is 4.52. The van der Waals surface area contributed by atoms with E-state index in [-0.39, 0.29) is 6.54 Å². The number of nitrogens with zero attached hydrogens (tertiary/aromatic N) is 1. The van der Waals surface area contributed by atoms with Crippen LogP contribution in [0.4, 0.5) is 0 Å². The van der Waals surface area contributed by atoms with E-state index in [1.807, 2.05) is 6.92 Å². The summed E-state index contributed by atoms with van der Waals surface area (Å²) in [6, 6.07) is 3.84.